The number of piperidine rings is 1. The summed E-state index contributed by atoms with van der Waals surface area (Å²) in [5, 5.41) is 2.89. The number of carbonyl (C=O) groups excluding carboxylic acids is 1. The molecule has 0 bridgehead atoms. The highest BCUT2D eigenvalue weighted by molar-refractivity contribution is 5.91. The van der Waals surface area contributed by atoms with Gasteiger partial charge in [0.25, 0.3) is 5.91 Å². The lowest BCUT2D eigenvalue weighted by molar-refractivity contribution is -0.118. The van der Waals surface area contributed by atoms with Crippen molar-refractivity contribution in [1.82, 2.24) is 4.90 Å². The van der Waals surface area contributed by atoms with Crippen LogP contribution in [0, 0.1) is 6.92 Å². The molecule has 156 valence electrons. The molecule has 2 aromatic rings. The molecule has 0 saturated carbocycles. The Morgan fingerprint density at radius 3 is 2.48 bits per heavy atom. The number of hydrogen-bond donors (Lipinski definition) is 1. The summed E-state index contributed by atoms with van der Waals surface area (Å²) in [6.07, 6.45) is 2.36. The van der Waals surface area contributed by atoms with E-state index in [1.54, 1.807) is 0 Å². The van der Waals surface area contributed by atoms with E-state index in [-0.39, 0.29) is 18.6 Å². The molecule has 1 amide bonds. The number of amides is 1. The summed E-state index contributed by atoms with van der Waals surface area (Å²) in [6.45, 7) is 8.37. The Bertz CT molecular complexity index is 809. The predicted molar refractivity (Wildman–Crippen MR) is 117 cm³/mol. The van der Waals surface area contributed by atoms with Gasteiger partial charge in [-0.1, -0.05) is 26.0 Å². The van der Waals surface area contributed by atoms with Crippen molar-refractivity contribution in [3.05, 3.63) is 53.6 Å². The molecule has 0 spiro atoms. The molecule has 1 N–H and O–H groups in total. The van der Waals surface area contributed by atoms with Crippen molar-refractivity contribution in [2.45, 2.75) is 45.6 Å². The Balaban J connectivity index is 1.50. The normalized spacial score (nSPS) is 15.3. The van der Waals surface area contributed by atoms with E-state index in [0.717, 1.165) is 54.2 Å². The number of anilines is 1. The molecule has 0 unspecified atom stereocenters. The topological polar surface area (TPSA) is 50.8 Å². The van der Waals surface area contributed by atoms with E-state index in [9.17, 15) is 4.79 Å². The molecule has 5 heteroatoms. The fraction of sp³-hybridized carbons (Fsp3) is 0.458. The maximum atomic E-state index is 12.3. The molecular weight excluding hydrogens is 364 g/mol. The third-order valence-electron chi connectivity index (χ3n) is 5.26. The van der Waals surface area contributed by atoms with E-state index in [1.807, 2.05) is 37.3 Å². The molecule has 0 atom stereocenters. The molecular formula is C24H32N2O3. The molecule has 0 aliphatic carbocycles. The van der Waals surface area contributed by atoms with Crippen LogP contribution in [0.1, 0.15) is 43.7 Å². The van der Waals surface area contributed by atoms with Gasteiger partial charge < -0.3 is 19.7 Å². The second-order valence-corrected chi connectivity index (χ2v) is 8.18. The number of nitrogens with one attached hydrogen (secondary N) is 1. The zero-order valence-electron chi connectivity index (χ0n) is 17.9. The van der Waals surface area contributed by atoms with Crippen LogP contribution in [-0.4, -0.2) is 43.7 Å². The fourth-order valence-corrected chi connectivity index (χ4v) is 3.50. The third-order valence-corrected chi connectivity index (χ3v) is 5.26. The fourth-order valence-electron chi connectivity index (χ4n) is 3.50. The van der Waals surface area contributed by atoms with Gasteiger partial charge in [0.15, 0.2) is 6.61 Å². The Morgan fingerprint density at radius 1 is 1.14 bits per heavy atom. The largest absolute Gasteiger partial charge is 0.490 e. The highest BCUT2D eigenvalue weighted by Gasteiger charge is 2.18. The molecule has 1 aliphatic heterocycles. The molecule has 29 heavy (non-hydrogen) atoms. The summed E-state index contributed by atoms with van der Waals surface area (Å²) in [7, 11) is 2.14. The molecule has 1 aliphatic rings. The van der Waals surface area contributed by atoms with Crippen LogP contribution in [0.4, 0.5) is 5.69 Å². The van der Waals surface area contributed by atoms with Gasteiger partial charge in [-0.05, 0) is 74.2 Å². The lowest BCUT2D eigenvalue weighted by atomic mass is 10.0. The number of aryl methyl sites for hydroxylation is 1. The van der Waals surface area contributed by atoms with E-state index in [2.05, 4.69) is 43.2 Å². The zero-order chi connectivity index (χ0) is 20.8. The van der Waals surface area contributed by atoms with Crippen molar-refractivity contribution >= 4 is 11.6 Å². The monoisotopic (exact) mass is 396 g/mol. The number of likely N-dealkylation sites (tertiary alicyclic amines) is 1. The molecule has 3 rings (SSSR count). The Hall–Kier alpha value is -2.53. The Labute approximate surface area is 174 Å². The third kappa shape index (κ3) is 6.23. The maximum Gasteiger partial charge on any atom is 0.262 e. The van der Waals surface area contributed by atoms with Gasteiger partial charge in [0.1, 0.15) is 17.6 Å². The minimum absolute atomic E-state index is 0.0168. The van der Waals surface area contributed by atoms with Crippen molar-refractivity contribution in [3.63, 3.8) is 0 Å². The predicted octanol–water partition coefficient (Wildman–Crippen LogP) is 4.61. The van der Waals surface area contributed by atoms with Crippen LogP contribution in [0.15, 0.2) is 42.5 Å². The first kappa shape index (κ1) is 21.2. The minimum atomic E-state index is -0.176. The van der Waals surface area contributed by atoms with Gasteiger partial charge in [0, 0.05) is 18.8 Å². The lowest BCUT2D eigenvalue weighted by Gasteiger charge is -2.29. The second kappa shape index (κ2) is 9.79. The Kier molecular flexibility index (Phi) is 7.15. The Morgan fingerprint density at radius 2 is 1.83 bits per heavy atom. The molecule has 1 heterocycles. The van der Waals surface area contributed by atoms with Gasteiger partial charge in [0.2, 0.25) is 0 Å². The molecule has 0 radical (unpaired) electrons. The zero-order valence-corrected chi connectivity index (χ0v) is 17.9. The molecule has 1 fully saturated rings. The number of nitrogens with zero attached hydrogens (tertiary/aromatic N) is 1. The number of ether oxygens (including phenoxy) is 2. The summed E-state index contributed by atoms with van der Waals surface area (Å²) in [5.41, 5.74) is 2.96. The smallest absolute Gasteiger partial charge is 0.262 e. The SMILES string of the molecule is Cc1ccc(C(C)C)c(OCC(=O)Nc2ccc(OC3CCN(C)CC3)cc2)c1. The van der Waals surface area contributed by atoms with Crippen LogP contribution >= 0.6 is 0 Å². The van der Waals surface area contributed by atoms with Gasteiger partial charge in [0.05, 0.1) is 0 Å². The standard InChI is InChI=1S/C24H32N2O3/c1-17(2)22-10-5-18(3)15-23(22)28-16-24(27)25-19-6-8-20(9-7-19)29-21-11-13-26(4)14-12-21/h5-10,15,17,21H,11-14,16H2,1-4H3,(H,25,27). The van der Waals surface area contributed by atoms with Crippen LogP contribution in [-0.2, 0) is 4.79 Å². The maximum absolute atomic E-state index is 12.3. The van der Waals surface area contributed by atoms with E-state index >= 15 is 0 Å². The number of rotatable bonds is 7. The van der Waals surface area contributed by atoms with Gasteiger partial charge in [-0.3, -0.25) is 4.79 Å². The van der Waals surface area contributed by atoms with Crippen LogP contribution in [0.25, 0.3) is 0 Å². The van der Waals surface area contributed by atoms with Gasteiger partial charge in [-0.15, -0.1) is 0 Å². The second-order valence-electron chi connectivity index (χ2n) is 8.18. The van der Waals surface area contributed by atoms with E-state index < -0.39 is 0 Å². The average Bonchev–Trinajstić information content (AvgIpc) is 2.69. The summed E-state index contributed by atoms with van der Waals surface area (Å²) in [4.78, 5) is 14.6. The summed E-state index contributed by atoms with van der Waals surface area (Å²) < 4.78 is 11.9. The van der Waals surface area contributed by atoms with E-state index in [4.69, 9.17) is 9.47 Å². The first-order chi connectivity index (χ1) is 13.9. The molecule has 0 aromatic heterocycles. The van der Waals surface area contributed by atoms with Gasteiger partial charge in [-0.25, -0.2) is 0 Å². The van der Waals surface area contributed by atoms with Crippen molar-refractivity contribution < 1.29 is 14.3 Å². The minimum Gasteiger partial charge on any atom is -0.490 e. The average molecular weight is 397 g/mol. The van der Waals surface area contributed by atoms with Crippen LogP contribution < -0.4 is 14.8 Å². The highest BCUT2D eigenvalue weighted by Crippen LogP contribution is 2.27. The van der Waals surface area contributed by atoms with Crippen LogP contribution in [0.3, 0.4) is 0 Å². The quantitative estimate of drug-likeness (QED) is 0.743. The number of benzene rings is 2. The molecule has 1 saturated heterocycles. The van der Waals surface area contributed by atoms with Crippen LogP contribution in [0.5, 0.6) is 11.5 Å². The molecule has 2 aromatic carbocycles. The number of hydrogen-bond acceptors (Lipinski definition) is 4. The van der Waals surface area contributed by atoms with Crippen molar-refractivity contribution in [2.75, 3.05) is 32.1 Å². The molecule has 5 nitrogen and oxygen atoms in total. The van der Waals surface area contributed by atoms with Crippen LogP contribution in [0.2, 0.25) is 0 Å². The first-order valence-corrected chi connectivity index (χ1v) is 10.4. The van der Waals surface area contributed by atoms with Gasteiger partial charge >= 0.3 is 0 Å². The summed E-state index contributed by atoms with van der Waals surface area (Å²) in [6, 6.07) is 13.7. The van der Waals surface area contributed by atoms with Gasteiger partial charge in [-0.2, -0.15) is 0 Å². The summed E-state index contributed by atoms with van der Waals surface area (Å²) >= 11 is 0. The van der Waals surface area contributed by atoms with Crippen molar-refractivity contribution in [1.29, 1.82) is 0 Å². The lowest BCUT2D eigenvalue weighted by Crippen LogP contribution is -2.35. The van der Waals surface area contributed by atoms with Crippen molar-refractivity contribution in [3.8, 4) is 11.5 Å². The highest BCUT2D eigenvalue weighted by atomic mass is 16.5. The van der Waals surface area contributed by atoms with Crippen molar-refractivity contribution in [2.24, 2.45) is 0 Å². The van der Waals surface area contributed by atoms with E-state index in [1.165, 1.54) is 0 Å². The summed E-state index contributed by atoms with van der Waals surface area (Å²) in [5.74, 6) is 1.78. The number of carbonyl (C=O) groups is 1. The first-order valence-electron chi connectivity index (χ1n) is 10.4. The van der Waals surface area contributed by atoms with E-state index in [0.29, 0.717) is 5.92 Å².